The molecule has 1 aromatic rings. The van der Waals surface area contributed by atoms with Gasteiger partial charge in [-0.05, 0) is 18.2 Å². The third-order valence-electron chi connectivity index (χ3n) is 3.54. The first kappa shape index (κ1) is 17.4. The molecule has 2 rings (SSSR count). The number of methoxy groups -OCH3 is 1. The standard InChI is InChI=1S/C14H18O9/c1-21-12-9(5-15)23-14(11(18)10(12)17)22-8-3-2-6(13(19)20)4-7(8)16/h2-4,9-12,14-18H,5H2,1H3,(H,19,20). The van der Waals surface area contributed by atoms with Gasteiger partial charge in [-0.1, -0.05) is 0 Å². The van der Waals surface area contributed by atoms with E-state index in [1.54, 1.807) is 0 Å². The number of phenolic OH excluding ortho intramolecular Hbond substituents is 1. The molecule has 1 heterocycles. The van der Waals surface area contributed by atoms with Gasteiger partial charge in [0.1, 0.15) is 24.4 Å². The molecule has 1 aliphatic heterocycles. The summed E-state index contributed by atoms with van der Waals surface area (Å²) in [5.41, 5.74) is -0.146. The Morgan fingerprint density at radius 2 is 2.00 bits per heavy atom. The van der Waals surface area contributed by atoms with E-state index in [9.17, 15) is 25.2 Å². The molecule has 0 saturated carbocycles. The topological polar surface area (TPSA) is 146 Å². The van der Waals surface area contributed by atoms with Crippen LogP contribution in [-0.2, 0) is 9.47 Å². The van der Waals surface area contributed by atoms with Gasteiger partial charge in [0.2, 0.25) is 6.29 Å². The molecule has 5 N–H and O–H groups in total. The average Bonchev–Trinajstić information content (AvgIpc) is 2.53. The zero-order chi connectivity index (χ0) is 17.1. The van der Waals surface area contributed by atoms with Crippen molar-refractivity contribution in [2.24, 2.45) is 0 Å². The second kappa shape index (κ2) is 7.11. The Kier molecular flexibility index (Phi) is 5.39. The summed E-state index contributed by atoms with van der Waals surface area (Å²) in [6.07, 6.45) is -6.14. The van der Waals surface area contributed by atoms with Crippen molar-refractivity contribution >= 4 is 5.97 Å². The van der Waals surface area contributed by atoms with Gasteiger partial charge >= 0.3 is 5.97 Å². The van der Waals surface area contributed by atoms with Crippen LogP contribution in [0.4, 0.5) is 0 Å². The zero-order valence-corrected chi connectivity index (χ0v) is 12.2. The highest BCUT2D eigenvalue weighted by atomic mass is 16.7. The summed E-state index contributed by atoms with van der Waals surface area (Å²) in [5, 5.41) is 47.9. The van der Waals surface area contributed by atoms with Crippen molar-refractivity contribution in [1.29, 1.82) is 0 Å². The lowest BCUT2D eigenvalue weighted by molar-refractivity contribution is -0.282. The largest absolute Gasteiger partial charge is 0.504 e. The van der Waals surface area contributed by atoms with Gasteiger partial charge in [0.15, 0.2) is 11.5 Å². The molecule has 0 aliphatic carbocycles. The van der Waals surface area contributed by atoms with Gasteiger partial charge in [0.25, 0.3) is 0 Å². The van der Waals surface area contributed by atoms with Gasteiger partial charge in [0.05, 0.1) is 12.2 Å². The first-order chi connectivity index (χ1) is 10.9. The van der Waals surface area contributed by atoms with Crippen LogP contribution in [0.2, 0.25) is 0 Å². The van der Waals surface area contributed by atoms with Crippen molar-refractivity contribution < 1.29 is 44.5 Å². The fraction of sp³-hybridized carbons (Fsp3) is 0.500. The number of aliphatic hydroxyl groups is 3. The van der Waals surface area contributed by atoms with Crippen LogP contribution in [0.5, 0.6) is 11.5 Å². The molecule has 23 heavy (non-hydrogen) atoms. The molecule has 1 aliphatic rings. The average molecular weight is 330 g/mol. The maximum Gasteiger partial charge on any atom is 0.335 e. The number of aromatic hydroxyl groups is 1. The van der Waals surface area contributed by atoms with Crippen molar-refractivity contribution in [2.45, 2.75) is 30.7 Å². The van der Waals surface area contributed by atoms with Gasteiger partial charge < -0.3 is 39.7 Å². The Morgan fingerprint density at radius 1 is 1.30 bits per heavy atom. The quantitative estimate of drug-likeness (QED) is 0.455. The van der Waals surface area contributed by atoms with Gasteiger partial charge in [0, 0.05) is 7.11 Å². The summed E-state index contributed by atoms with van der Waals surface area (Å²) in [7, 11) is 1.30. The van der Waals surface area contributed by atoms with Crippen LogP contribution in [0.3, 0.4) is 0 Å². The Hall–Kier alpha value is -1.91. The maximum atomic E-state index is 10.8. The zero-order valence-electron chi connectivity index (χ0n) is 12.2. The molecule has 0 spiro atoms. The number of carboxylic acids is 1. The number of benzene rings is 1. The Morgan fingerprint density at radius 3 is 2.52 bits per heavy atom. The predicted molar refractivity (Wildman–Crippen MR) is 74.3 cm³/mol. The Balaban J connectivity index is 2.17. The number of aliphatic hydroxyl groups excluding tert-OH is 3. The number of hydrogen-bond acceptors (Lipinski definition) is 8. The van der Waals surface area contributed by atoms with Crippen molar-refractivity contribution in [1.82, 2.24) is 0 Å². The summed E-state index contributed by atoms with van der Waals surface area (Å²) in [5.74, 6) is -1.83. The fourth-order valence-corrected chi connectivity index (χ4v) is 2.32. The van der Waals surface area contributed by atoms with E-state index in [0.29, 0.717) is 0 Å². The van der Waals surface area contributed by atoms with E-state index < -0.39 is 49.0 Å². The van der Waals surface area contributed by atoms with E-state index in [2.05, 4.69) is 0 Å². The summed E-state index contributed by atoms with van der Waals surface area (Å²) in [6.45, 7) is -0.480. The molecular formula is C14H18O9. The second-order valence-electron chi connectivity index (χ2n) is 5.01. The summed E-state index contributed by atoms with van der Waals surface area (Å²) in [6, 6.07) is 3.37. The van der Waals surface area contributed by atoms with Crippen molar-refractivity contribution in [2.75, 3.05) is 13.7 Å². The number of carboxylic acid groups (broad SMARTS) is 1. The second-order valence-corrected chi connectivity index (χ2v) is 5.01. The molecule has 9 heteroatoms. The molecule has 5 atom stereocenters. The first-order valence-corrected chi connectivity index (χ1v) is 6.77. The molecular weight excluding hydrogens is 312 g/mol. The Labute approximate surface area is 131 Å². The van der Waals surface area contributed by atoms with E-state index in [0.717, 1.165) is 6.07 Å². The monoisotopic (exact) mass is 330 g/mol. The third-order valence-corrected chi connectivity index (χ3v) is 3.54. The van der Waals surface area contributed by atoms with E-state index in [1.807, 2.05) is 0 Å². The van der Waals surface area contributed by atoms with Crippen LogP contribution in [0, 0.1) is 0 Å². The Bertz CT molecular complexity index is 559. The minimum atomic E-state index is -1.50. The number of carbonyl (C=O) groups is 1. The van der Waals surface area contributed by atoms with Gasteiger partial charge in [-0.25, -0.2) is 4.79 Å². The molecule has 0 radical (unpaired) electrons. The molecule has 5 unspecified atom stereocenters. The van der Waals surface area contributed by atoms with Crippen LogP contribution >= 0.6 is 0 Å². The predicted octanol–water partition coefficient (Wildman–Crippen LogP) is -1.08. The minimum Gasteiger partial charge on any atom is -0.504 e. The van der Waals surface area contributed by atoms with Crippen LogP contribution in [-0.4, -0.2) is 75.9 Å². The number of rotatable bonds is 5. The summed E-state index contributed by atoms with van der Waals surface area (Å²) >= 11 is 0. The first-order valence-electron chi connectivity index (χ1n) is 6.77. The molecule has 1 saturated heterocycles. The maximum absolute atomic E-state index is 10.8. The normalized spacial score (nSPS) is 30.9. The fourth-order valence-electron chi connectivity index (χ4n) is 2.32. The smallest absolute Gasteiger partial charge is 0.335 e. The summed E-state index contributed by atoms with van der Waals surface area (Å²) in [4.78, 5) is 10.8. The molecule has 0 aromatic heterocycles. The van der Waals surface area contributed by atoms with Crippen molar-refractivity contribution in [3.8, 4) is 11.5 Å². The number of phenols is 1. The lowest BCUT2D eigenvalue weighted by Gasteiger charge is -2.41. The number of aromatic carboxylic acids is 1. The summed E-state index contributed by atoms with van der Waals surface area (Å²) < 4.78 is 15.6. The number of ether oxygens (including phenoxy) is 3. The van der Waals surface area contributed by atoms with Crippen LogP contribution in [0.25, 0.3) is 0 Å². The van der Waals surface area contributed by atoms with E-state index in [-0.39, 0.29) is 11.3 Å². The van der Waals surface area contributed by atoms with Crippen molar-refractivity contribution in [3.63, 3.8) is 0 Å². The SMILES string of the molecule is COC1C(CO)OC(Oc2ccc(C(=O)O)cc2O)C(O)C1O. The molecule has 0 amide bonds. The number of hydrogen-bond donors (Lipinski definition) is 5. The molecule has 1 aromatic carbocycles. The van der Waals surface area contributed by atoms with E-state index in [1.165, 1.54) is 19.2 Å². The van der Waals surface area contributed by atoms with Crippen LogP contribution in [0.15, 0.2) is 18.2 Å². The van der Waals surface area contributed by atoms with Gasteiger partial charge in [-0.15, -0.1) is 0 Å². The highest BCUT2D eigenvalue weighted by Crippen LogP contribution is 2.31. The third kappa shape index (κ3) is 3.54. The highest BCUT2D eigenvalue weighted by molar-refractivity contribution is 5.88. The molecule has 0 bridgehead atoms. The molecule has 1 fully saturated rings. The van der Waals surface area contributed by atoms with E-state index >= 15 is 0 Å². The molecule has 128 valence electrons. The van der Waals surface area contributed by atoms with Crippen LogP contribution < -0.4 is 4.74 Å². The van der Waals surface area contributed by atoms with Gasteiger partial charge in [-0.2, -0.15) is 0 Å². The lowest BCUT2D eigenvalue weighted by atomic mass is 9.99. The lowest BCUT2D eigenvalue weighted by Crippen LogP contribution is -2.60. The van der Waals surface area contributed by atoms with Crippen molar-refractivity contribution in [3.05, 3.63) is 23.8 Å². The minimum absolute atomic E-state index is 0.140. The van der Waals surface area contributed by atoms with Gasteiger partial charge in [-0.3, -0.25) is 0 Å². The van der Waals surface area contributed by atoms with E-state index in [4.69, 9.17) is 19.3 Å². The highest BCUT2D eigenvalue weighted by Gasteiger charge is 2.46. The molecule has 9 nitrogen and oxygen atoms in total. The van der Waals surface area contributed by atoms with Crippen LogP contribution in [0.1, 0.15) is 10.4 Å².